The van der Waals surface area contributed by atoms with E-state index in [-0.39, 0.29) is 23.3 Å². The van der Waals surface area contributed by atoms with E-state index in [4.69, 9.17) is 5.11 Å². The normalized spacial score (nSPS) is 17.6. The lowest BCUT2D eigenvalue weighted by molar-refractivity contribution is -0.143. The summed E-state index contributed by atoms with van der Waals surface area (Å²) >= 11 is 0. The molecule has 0 bridgehead atoms. The molecule has 0 unspecified atom stereocenters. The van der Waals surface area contributed by atoms with E-state index in [0.717, 1.165) is 25.0 Å². The average Bonchev–Trinajstić information content (AvgIpc) is 3.26. The van der Waals surface area contributed by atoms with E-state index in [1.807, 2.05) is 0 Å². The number of carbonyl (C=O) groups excluding carboxylic acids is 2. The van der Waals surface area contributed by atoms with Crippen LogP contribution in [-0.2, 0) is 18.0 Å². The Morgan fingerprint density at radius 1 is 0.974 bits per heavy atom. The minimum Gasteiger partial charge on any atom is -0.481 e. The summed E-state index contributed by atoms with van der Waals surface area (Å²) in [7, 11) is 1.68. The van der Waals surface area contributed by atoms with Gasteiger partial charge >= 0.3 is 12.1 Å². The minimum atomic E-state index is -4.45. The number of aliphatic carboxylic acids is 1. The van der Waals surface area contributed by atoms with E-state index >= 15 is 0 Å². The first-order valence-corrected chi connectivity index (χ1v) is 12.3. The van der Waals surface area contributed by atoms with Gasteiger partial charge in [-0.25, -0.2) is 0 Å². The van der Waals surface area contributed by atoms with Gasteiger partial charge in [0.25, 0.3) is 11.8 Å². The molecule has 0 spiro atoms. The number of alkyl halides is 3. The van der Waals surface area contributed by atoms with Gasteiger partial charge in [-0.1, -0.05) is 30.3 Å². The van der Waals surface area contributed by atoms with Crippen LogP contribution in [0.4, 0.5) is 18.9 Å². The largest absolute Gasteiger partial charge is 0.481 e. The van der Waals surface area contributed by atoms with E-state index in [1.165, 1.54) is 12.1 Å². The number of carboxylic acid groups (broad SMARTS) is 1. The quantitative estimate of drug-likeness (QED) is 0.373. The molecule has 3 aromatic rings. The maximum absolute atomic E-state index is 13.1. The van der Waals surface area contributed by atoms with Crippen molar-refractivity contribution in [2.24, 2.45) is 18.9 Å². The predicted molar refractivity (Wildman–Crippen MR) is 136 cm³/mol. The standard InChI is InChI=1S/C28H28F3N3O4/c1-34-16-21(14-24(34)26(36)32-15-17-6-8-19(9-7-17)27(37)38)33-25(35)23-5-3-2-4-22(23)18-10-12-20(13-11-18)28(29,30)31/h2-5,10-14,16-17,19H,6-9,15H2,1H3,(H,32,36)(H,33,35)(H,37,38). The van der Waals surface area contributed by atoms with Crippen LogP contribution in [0.2, 0.25) is 0 Å². The first kappa shape index (κ1) is 27.0. The summed E-state index contributed by atoms with van der Waals surface area (Å²) in [4.78, 5) is 37.0. The number of anilines is 1. The number of nitrogens with zero attached hydrogens (tertiary/aromatic N) is 1. The van der Waals surface area contributed by atoms with Gasteiger partial charge < -0.3 is 20.3 Å². The van der Waals surface area contributed by atoms with E-state index in [1.54, 1.807) is 48.1 Å². The number of hydrogen-bond acceptors (Lipinski definition) is 3. The monoisotopic (exact) mass is 527 g/mol. The van der Waals surface area contributed by atoms with Crippen molar-refractivity contribution in [3.63, 3.8) is 0 Å². The summed E-state index contributed by atoms with van der Waals surface area (Å²) in [5, 5.41) is 14.8. The van der Waals surface area contributed by atoms with Crippen LogP contribution in [0.3, 0.4) is 0 Å². The molecule has 2 amide bonds. The number of nitrogens with one attached hydrogen (secondary N) is 2. The maximum atomic E-state index is 13.1. The molecular formula is C28H28F3N3O4. The Kier molecular flexibility index (Phi) is 7.89. The smallest absolute Gasteiger partial charge is 0.416 e. The molecule has 0 atom stereocenters. The topological polar surface area (TPSA) is 100 Å². The van der Waals surface area contributed by atoms with Crippen molar-refractivity contribution in [2.75, 3.05) is 11.9 Å². The summed E-state index contributed by atoms with van der Waals surface area (Å²) < 4.78 is 40.4. The van der Waals surface area contributed by atoms with E-state index in [0.29, 0.717) is 41.9 Å². The molecule has 200 valence electrons. The summed E-state index contributed by atoms with van der Waals surface area (Å²) in [5.41, 5.74) is 1.19. The van der Waals surface area contributed by atoms with Gasteiger partial charge in [0.15, 0.2) is 0 Å². The van der Waals surface area contributed by atoms with Gasteiger partial charge in [0.05, 0.1) is 17.2 Å². The van der Waals surface area contributed by atoms with Crippen molar-refractivity contribution < 1.29 is 32.7 Å². The van der Waals surface area contributed by atoms with Crippen LogP contribution in [0.15, 0.2) is 60.8 Å². The summed E-state index contributed by atoms with van der Waals surface area (Å²) in [6.45, 7) is 0.443. The molecule has 1 saturated carbocycles. The van der Waals surface area contributed by atoms with Crippen LogP contribution in [0.25, 0.3) is 11.1 Å². The molecule has 7 nitrogen and oxygen atoms in total. The van der Waals surface area contributed by atoms with Gasteiger partial charge in [-0.15, -0.1) is 0 Å². The number of halogens is 3. The second-order valence-electron chi connectivity index (χ2n) is 9.57. The van der Waals surface area contributed by atoms with Crippen LogP contribution in [0.5, 0.6) is 0 Å². The van der Waals surface area contributed by atoms with Crippen molar-refractivity contribution in [3.8, 4) is 11.1 Å². The minimum absolute atomic E-state index is 0.218. The van der Waals surface area contributed by atoms with Gasteiger partial charge in [-0.2, -0.15) is 13.2 Å². The average molecular weight is 528 g/mol. The van der Waals surface area contributed by atoms with Gasteiger partial charge in [0.2, 0.25) is 0 Å². The van der Waals surface area contributed by atoms with E-state index in [2.05, 4.69) is 10.6 Å². The molecular weight excluding hydrogens is 499 g/mol. The fourth-order valence-electron chi connectivity index (χ4n) is 4.77. The van der Waals surface area contributed by atoms with Gasteiger partial charge in [-0.3, -0.25) is 14.4 Å². The third-order valence-corrected chi connectivity index (χ3v) is 6.94. The van der Waals surface area contributed by atoms with Crippen LogP contribution in [0, 0.1) is 11.8 Å². The number of carbonyl (C=O) groups is 3. The maximum Gasteiger partial charge on any atom is 0.416 e. The highest BCUT2D eigenvalue weighted by atomic mass is 19.4. The number of amides is 2. The Morgan fingerprint density at radius 2 is 1.63 bits per heavy atom. The lowest BCUT2D eigenvalue weighted by Crippen LogP contribution is -2.33. The molecule has 10 heteroatoms. The fourth-order valence-corrected chi connectivity index (χ4v) is 4.77. The summed E-state index contributed by atoms with van der Waals surface area (Å²) in [5.74, 6) is -1.64. The lowest BCUT2D eigenvalue weighted by atomic mass is 9.82. The molecule has 3 N–H and O–H groups in total. The molecule has 2 aromatic carbocycles. The molecule has 1 aromatic heterocycles. The molecule has 0 saturated heterocycles. The zero-order valence-corrected chi connectivity index (χ0v) is 20.7. The van der Waals surface area contributed by atoms with Crippen molar-refractivity contribution >= 4 is 23.5 Å². The Bertz CT molecular complexity index is 1320. The van der Waals surface area contributed by atoms with Crippen LogP contribution in [-0.4, -0.2) is 34.0 Å². The Labute approximate surface area is 217 Å². The van der Waals surface area contributed by atoms with Crippen molar-refractivity contribution in [2.45, 2.75) is 31.9 Å². The Hall–Kier alpha value is -4.08. The number of aromatic nitrogens is 1. The zero-order valence-electron chi connectivity index (χ0n) is 20.7. The number of rotatable bonds is 7. The SMILES string of the molecule is Cn1cc(NC(=O)c2ccccc2-c2ccc(C(F)(F)F)cc2)cc1C(=O)NCC1CCC(C(=O)O)CC1. The first-order valence-electron chi connectivity index (χ1n) is 12.3. The number of carboxylic acids is 1. The third-order valence-electron chi connectivity index (χ3n) is 6.94. The fraction of sp³-hybridized carbons (Fsp3) is 0.321. The Balaban J connectivity index is 1.41. The van der Waals surface area contributed by atoms with Crippen LogP contribution >= 0.6 is 0 Å². The second kappa shape index (κ2) is 11.1. The molecule has 0 aliphatic heterocycles. The van der Waals surface area contributed by atoms with Crippen LogP contribution < -0.4 is 10.6 Å². The molecule has 38 heavy (non-hydrogen) atoms. The molecule has 1 aliphatic rings. The van der Waals surface area contributed by atoms with E-state index < -0.39 is 23.6 Å². The molecule has 1 heterocycles. The van der Waals surface area contributed by atoms with Crippen LogP contribution in [0.1, 0.15) is 52.1 Å². The number of hydrogen-bond donors (Lipinski definition) is 3. The van der Waals surface area contributed by atoms with Crippen molar-refractivity contribution in [1.29, 1.82) is 0 Å². The highest BCUT2D eigenvalue weighted by Gasteiger charge is 2.30. The van der Waals surface area contributed by atoms with Gasteiger partial charge in [0, 0.05) is 25.4 Å². The molecule has 1 aliphatic carbocycles. The van der Waals surface area contributed by atoms with Crippen molar-refractivity contribution in [3.05, 3.63) is 77.6 Å². The summed E-state index contributed by atoms with van der Waals surface area (Å²) in [6.07, 6.45) is -0.166. The molecule has 4 rings (SSSR count). The van der Waals surface area contributed by atoms with E-state index in [9.17, 15) is 27.6 Å². The lowest BCUT2D eigenvalue weighted by Gasteiger charge is -2.26. The highest BCUT2D eigenvalue weighted by Crippen LogP contribution is 2.32. The molecule has 1 fully saturated rings. The van der Waals surface area contributed by atoms with Gasteiger partial charge in [0.1, 0.15) is 5.69 Å². The van der Waals surface area contributed by atoms with Gasteiger partial charge in [-0.05, 0) is 67.0 Å². The second-order valence-corrected chi connectivity index (χ2v) is 9.57. The molecule has 0 radical (unpaired) electrons. The third kappa shape index (κ3) is 6.24. The number of benzene rings is 2. The zero-order chi connectivity index (χ0) is 27.4. The summed E-state index contributed by atoms with van der Waals surface area (Å²) in [6, 6.07) is 12.8. The Morgan fingerprint density at radius 3 is 2.26 bits per heavy atom. The van der Waals surface area contributed by atoms with Crippen molar-refractivity contribution in [1.82, 2.24) is 9.88 Å². The predicted octanol–water partition coefficient (Wildman–Crippen LogP) is 5.58. The highest BCUT2D eigenvalue weighted by molar-refractivity contribution is 6.09. The number of aryl methyl sites for hydroxylation is 1. The first-order chi connectivity index (χ1) is 18.0.